The molecule has 8 heteroatoms. The van der Waals surface area contributed by atoms with E-state index in [-0.39, 0.29) is 5.82 Å². The highest BCUT2D eigenvalue weighted by Gasteiger charge is 2.16. The van der Waals surface area contributed by atoms with Gasteiger partial charge in [0, 0.05) is 30.6 Å². The summed E-state index contributed by atoms with van der Waals surface area (Å²) in [4.78, 5) is 21.2. The third kappa shape index (κ3) is 4.21. The number of rotatable bonds is 6. The molecule has 0 saturated carbocycles. The van der Waals surface area contributed by atoms with Crippen LogP contribution in [-0.4, -0.2) is 32.0 Å². The van der Waals surface area contributed by atoms with Crippen LogP contribution in [0.15, 0.2) is 54.7 Å². The summed E-state index contributed by atoms with van der Waals surface area (Å²) >= 11 is 0. The molecule has 0 aliphatic heterocycles. The van der Waals surface area contributed by atoms with Crippen molar-refractivity contribution in [3.63, 3.8) is 0 Å². The van der Waals surface area contributed by atoms with Gasteiger partial charge in [0.25, 0.3) is 0 Å². The van der Waals surface area contributed by atoms with Crippen molar-refractivity contribution in [3.8, 4) is 22.6 Å². The monoisotopic (exact) mass is 389 g/mol. The van der Waals surface area contributed by atoms with Crippen molar-refractivity contribution < 1.29 is 4.39 Å². The normalized spacial score (nSPS) is 10.7. The van der Waals surface area contributed by atoms with Gasteiger partial charge in [0.2, 0.25) is 5.95 Å². The molecule has 3 aromatic heterocycles. The van der Waals surface area contributed by atoms with Crippen LogP contribution < -0.4 is 10.6 Å². The Morgan fingerprint density at radius 3 is 2.69 bits per heavy atom. The number of hydrogen-bond donors (Lipinski definition) is 3. The van der Waals surface area contributed by atoms with Crippen molar-refractivity contribution in [2.24, 2.45) is 0 Å². The van der Waals surface area contributed by atoms with Crippen molar-refractivity contribution in [3.05, 3.63) is 72.1 Å². The average Bonchev–Trinajstić information content (AvgIpc) is 3.17. The third-order valence-corrected chi connectivity index (χ3v) is 4.30. The predicted molar refractivity (Wildman–Crippen MR) is 111 cm³/mol. The largest absolute Gasteiger partial charge is 0.373 e. The summed E-state index contributed by atoms with van der Waals surface area (Å²) in [7, 11) is 1.81. The topological polar surface area (TPSA) is 91.4 Å². The van der Waals surface area contributed by atoms with Crippen LogP contribution >= 0.6 is 0 Å². The van der Waals surface area contributed by atoms with Crippen LogP contribution in [0.1, 0.15) is 11.5 Å². The number of pyridine rings is 1. The van der Waals surface area contributed by atoms with Crippen LogP contribution in [0.25, 0.3) is 22.6 Å². The molecule has 0 radical (unpaired) electrons. The highest BCUT2D eigenvalue weighted by Crippen LogP contribution is 2.29. The molecule has 0 fully saturated rings. The van der Waals surface area contributed by atoms with Crippen LogP contribution in [0.2, 0.25) is 0 Å². The molecule has 0 saturated heterocycles. The standard InChI is InChI=1S/C21H20FN7/c1-13-10-17(23-2)29-21(26-13)25-12-18-27-19(14-6-5-7-15(22)11-14)20(28-18)16-8-3-4-9-24-16/h3-11H,12H2,1-2H3,(H,27,28)(H2,23,25,26,29). The van der Waals surface area contributed by atoms with Gasteiger partial charge in [-0.25, -0.2) is 14.4 Å². The number of imidazole rings is 1. The van der Waals surface area contributed by atoms with Gasteiger partial charge in [0.15, 0.2) is 0 Å². The summed E-state index contributed by atoms with van der Waals surface area (Å²) in [5.41, 5.74) is 3.63. The molecule has 4 aromatic rings. The van der Waals surface area contributed by atoms with Crippen molar-refractivity contribution in [1.82, 2.24) is 24.9 Å². The molecule has 0 spiro atoms. The lowest BCUT2D eigenvalue weighted by atomic mass is 10.1. The number of aromatic nitrogens is 5. The van der Waals surface area contributed by atoms with E-state index < -0.39 is 0 Å². The summed E-state index contributed by atoms with van der Waals surface area (Å²) in [6.45, 7) is 2.28. The molecule has 0 aliphatic rings. The fourth-order valence-electron chi connectivity index (χ4n) is 2.99. The molecule has 0 aliphatic carbocycles. The minimum absolute atomic E-state index is 0.315. The molecule has 7 nitrogen and oxygen atoms in total. The van der Waals surface area contributed by atoms with Crippen LogP contribution in [0.4, 0.5) is 16.2 Å². The number of nitrogens with zero attached hydrogens (tertiary/aromatic N) is 4. The van der Waals surface area contributed by atoms with E-state index >= 15 is 0 Å². The summed E-state index contributed by atoms with van der Waals surface area (Å²) < 4.78 is 13.8. The number of H-pyrrole nitrogens is 1. The second kappa shape index (κ2) is 8.05. The molecule has 146 valence electrons. The number of anilines is 2. The minimum atomic E-state index is -0.315. The van der Waals surface area contributed by atoms with Gasteiger partial charge in [0.1, 0.15) is 17.5 Å². The molecular weight excluding hydrogens is 369 g/mol. The molecule has 4 rings (SSSR count). The lowest BCUT2D eigenvalue weighted by molar-refractivity contribution is 0.628. The molecule has 3 heterocycles. The number of halogens is 1. The number of aryl methyl sites for hydroxylation is 1. The molecule has 29 heavy (non-hydrogen) atoms. The van der Waals surface area contributed by atoms with Crippen molar-refractivity contribution in [1.29, 1.82) is 0 Å². The predicted octanol–water partition coefficient (Wildman–Crippen LogP) is 4.03. The van der Waals surface area contributed by atoms with E-state index in [0.29, 0.717) is 29.6 Å². The first-order valence-corrected chi connectivity index (χ1v) is 9.16. The zero-order valence-electron chi connectivity index (χ0n) is 16.1. The van der Waals surface area contributed by atoms with Gasteiger partial charge in [-0.05, 0) is 31.2 Å². The third-order valence-electron chi connectivity index (χ3n) is 4.30. The Morgan fingerprint density at radius 1 is 1.03 bits per heavy atom. The quantitative estimate of drug-likeness (QED) is 0.461. The maximum absolute atomic E-state index is 13.8. The minimum Gasteiger partial charge on any atom is -0.373 e. The average molecular weight is 389 g/mol. The molecule has 0 atom stereocenters. The molecule has 1 aromatic carbocycles. The number of aromatic amines is 1. The van der Waals surface area contributed by atoms with Crippen LogP contribution in [0.5, 0.6) is 0 Å². The highest BCUT2D eigenvalue weighted by atomic mass is 19.1. The molecule has 0 bridgehead atoms. The number of benzene rings is 1. The van der Waals surface area contributed by atoms with E-state index in [9.17, 15) is 4.39 Å². The van der Waals surface area contributed by atoms with Crippen molar-refractivity contribution in [2.45, 2.75) is 13.5 Å². The second-order valence-electron chi connectivity index (χ2n) is 6.45. The SMILES string of the molecule is CNc1cc(C)nc(NCc2nc(-c3cccc(F)c3)c(-c3ccccn3)[nH]2)n1. The van der Waals surface area contributed by atoms with Crippen LogP contribution in [-0.2, 0) is 6.54 Å². The van der Waals surface area contributed by atoms with Gasteiger partial charge in [-0.1, -0.05) is 18.2 Å². The smallest absolute Gasteiger partial charge is 0.225 e. The lowest BCUT2D eigenvalue weighted by Gasteiger charge is -2.06. The first-order valence-electron chi connectivity index (χ1n) is 9.16. The van der Waals surface area contributed by atoms with E-state index in [4.69, 9.17) is 0 Å². The zero-order chi connectivity index (χ0) is 20.2. The maximum Gasteiger partial charge on any atom is 0.225 e. The van der Waals surface area contributed by atoms with Crippen molar-refractivity contribution >= 4 is 11.8 Å². The molecular formula is C21H20FN7. The first-order chi connectivity index (χ1) is 14.1. The van der Waals surface area contributed by atoms with Gasteiger partial charge in [0.05, 0.1) is 23.6 Å². The van der Waals surface area contributed by atoms with E-state index in [2.05, 4.69) is 35.6 Å². The van der Waals surface area contributed by atoms with Gasteiger partial charge < -0.3 is 15.6 Å². The zero-order valence-corrected chi connectivity index (χ0v) is 16.1. The van der Waals surface area contributed by atoms with E-state index in [1.807, 2.05) is 44.3 Å². The van der Waals surface area contributed by atoms with Crippen LogP contribution in [0.3, 0.4) is 0 Å². The Hall–Kier alpha value is -3.81. The first kappa shape index (κ1) is 18.5. The Labute approximate surface area is 167 Å². The summed E-state index contributed by atoms with van der Waals surface area (Å²) in [5, 5.41) is 6.19. The fraction of sp³-hybridized carbons (Fsp3) is 0.143. The van der Waals surface area contributed by atoms with Crippen LogP contribution in [0, 0.1) is 12.7 Å². The van der Waals surface area contributed by atoms with Gasteiger partial charge in [-0.2, -0.15) is 4.98 Å². The van der Waals surface area contributed by atoms with E-state index in [0.717, 1.165) is 22.9 Å². The lowest BCUT2D eigenvalue weighted by Crippen LogP contribution is -2.07. The van der Waals surface area contributed by atoms with E-state index in [1.165, 1.54) is 12.1 Å². The Kier molecular flexibility index (Phi) is 5.15. The highest BCUT2D eigenvalue weighted by molar-refractivity contribution is 5.76. The molecule has 0 amide bonds. The summed E-state index contributed by atoms with van der Waals surface area (Å²) in [6, 6.07) is 13.9. The molecule has 0 unspecified atom stereocenters. The Bertz CT molecular complexity index is 1130. The van der Waals surface area contributed by atoms with E-state index in [1.54, 1.807) is 12.3 Å². The van der Waals surface area contributed by atoms with Gasteiger partial charge in [-0.3, -0.25) is 4.98 Å². The Balaban J connectivity index is 1.67. The van der Waals surface area contributed by atoms with Gasteiger partial charge >= 0.3 is 0 Å². The maximum atomic E-state index is 13.8. The van der Waals surface area contributed by atoms with Crippen molar-refractivity contribution in [2.75, 3.05) is 17.7 Å². The number of nitrogens with one attached hydrogen (secondary N) is 3. The Morgan fingerprint density at radius 2 is 1.93 bits per heavy atom. The fourth-order valence-corrected chi connectivity index (χ4v) is 2.99. The molecule has 3 N–H and O–H groups in total. The summed E-state index contributed by atoms with van der Waals surface area (Å²) in [6.07, 6.45) is 1.71. The number of hydrogen-bond acceptors (Lipinski definition) is 6. The summed E-state index contributed by atoms with van der Waals surface area (Å²) in [5.74, 6) is 1.58. The van der Waals surface area contributed by atoms with Gasteiger partial charge in [-0.15, -0.1) is 0 Å². The second-order valence-corrected chi connectivity index (χ2v) is 6.45.